The summed E-state index contributed by atoms with van der Waals surface area (Å²) in [4.78, 5) is 33.1. The lowest BCUT2D eigenvalue weighted by molar-refractivity contribution is -0.142. The summed E-state index contributed by atoms with van der Waals surface area (Å²) in [5, 5.41) is 22.3. The topological polar surface area (TPSA) is 116 Å². The number of benzene rings is 1. The van der Waals surface area contributed by atoms with Crippen LogP contribution in [0.15, 0.2) is 24.3 Å². The van der Waals surface area contributed by atoms with Gasteiger partial charge in [0.2, 0.25) is 11.8 Å². The van der Waals surface area contributed by atoms with Crippen LogP contribution < -0.4 is 10.6 Å². The van der Waals surface area contributed by atoms with Crippen LogP contribution in [0.2, 0.25) is 0 Å². The molecule has 2 amide bonds. The number of hydrogen-bond acceptors (Lipinski definition) is 4. The molecule has 0 saturated carbocycles. The average Bonchev–Trinajstić information content (AvgIpc) is 2.37. The fourth-order valence-corrected chi connectivity index (χ4v) is 1.53. The van der Waals surface area contributed by atoms with Gasteiger partial charge in [0.25, 0.3) is 0 Å². The Hall–Kier alpha value is -2.41. The van der Waals surface area contributed by atoms with Gasteiger partial charge in [-0.05, 0) is 17.7 Å². The van der Waals surface area contributed by atoms with Crippen molar-refractivity contribution in [2.24, 2.45) is 0 Å². The van der Waals surface area contributed by atoms with Gasteiger partial charge in [-0.25, -0.2) is 4.79 Å². The smallest absolute Gasteiger partial charge is 0.328 e. The number of carbonyl (C=O) groups is 3. The molecule has 1 aromatic rings. The van der Waals surface area contributed by atoms with Gasteiger partial charge >= 0.3 is 5.97 Å². The van der Waals surface area contributed by atoms with Gasteiger partial charge in [-0.15, -0.1) is 0 Å². The zero-order valence-electron chi connectivity index (χ0n) is 10.9. The summed E-state index contributed by atoms with van der Waals surface area (Å²) in [5.41, 5.74) is 1.28. The van der Waals surface area contributed by atoms with Crippen molar-refractivity contribution in [1.82, 2.24) is 5.32 Å². The minimum absolute atomic E-state index is 0.00979. The highest BCUT2D eigenvalue weighted by molar-refractivity contribution is 5.89. The fourth-order valence-electron chi connectivity index (χ4n) is 1.53. The molecule has 1 rings (SSSR count). The molecule has 0 fully saturated rings. The van der Waals surface area contributed by atoms with E-state index in [4.69, 9.17) is 10.2 Å². The number of aliphatic carboxylic acids is 1. The molecule has 0 heterocycles. The first-order valence-electron chi connectivity index (χ1n) is 5.92. The van der Waals surface area contributed by atoms with Crippen LogP contribution in [-0.2, 0) is 20.8 Å². The molecule has 0 saturated heterocycles. The van der Waals surface area contributed by atoms with Gasteiger partial charge in [0, 0.05) is 12.6 Å². The Morgan fingerprint density at radius 1 is 1.20 bits per heavy atom. The van der Waals surface area contributed by atoms with E-state index in [2.05, 4.69) is 10.6 Å². The highest BCUT2D eigenvalue weighted by Gasteiger charge is 2.18. The highest BCUT2D eigenvalue weighted by Crippen LogP contribution is 2.10. The molecule has 0 aromatic heterocycles. The van der Waals surface area contributed by atoms with Crippen LogP contribution in [0.5, 0.6) is 0 Å². The summed E-state index contributed by atoms with van der Waals surface area (Å²) < 4.78 is 0. The number of carboxylic acids is 1. The number of aliphatic hydroxyl groups excluding tert-OH is 1. The maximum Gasteiger partial charge on any atom is 0.328 e. The largest absolute Gasteiger partial charge is 0.480 e. The summed E-state index contributed by atoms with van der Waals surface area (Å²) in [6.45, 7) is 0.727. The Morgan fingerprint density at radius 3 is 2.25 bits per heavy atom. The van der Waals surface area contributed by atoms with Crippen molar-refractivity contribution < 1.29 is 24.6 Å². The summed E-state index contributed by atoms with van der Waals surface area (Å²) in [7, 11) is 0. The zero-order chi connectivity index (χ0) is 15.1. The third kappa shape index (κ3) is 5.07. The number of rotatable bonds is 6. The molecule has 1 unspecified atom stereocenters. The quantitative estimate of drug-likeness (QED) is 0.573. The lowest BCUT2D eigenvalue weighted by Crippen LogP contribution is -2.43. The van der Waals surface area contributed by atoms with Crippen LogP contribution in [0.1, 0.15) is 12.5 Å². The van der Waals surface area contributed by atoms with Gasteiger partial charge in [0.1, 0.15) is 6.04 Å². The molecular formula is C13H16N2O5. The molecule has 0 aliphatic carbocycles. The van der Waals surface area contributed by atoms with Gasteiger partial charge < -0.3 is 20.8 Å². The molecule has 4 N–H and O–H groups in total. The second kappa shape index (κ2) is 7.25. The van der Waals surface area contributed by atoms with E-state index >= 15 is 0 Å². The maximum atomic E-state index is 11.6. The zero-order valence-corrected chi connectivity index (χ0v) is 10.9. The fraction of sp³-hybridized carbons (Fsp3) is 0.308. The first kappa shape index (κ1) is 15.6. The van der Waals surface area contributed by atoms with Crippen LogP contribution in [0.4, 0.5) is 5.69 Å². The predicted molar refractivity (Wildman–Crippen MR) is 71.1 cm³/mol. The normalized spacial score (nSPS) is 11.5. The molecular weight excluding hydrogens is 264 g/mol. The lowest BCUT2D eigenvalue weighted by atomic mass is 10.1. The Bertz CT molecular complexity index is 498. The van der Waals surface area contributed by atoms with E-state index in [-0.39, 0.29) is 12.3 Å². The molecule has 0 spiro atoms. The van der Waals surface area contributed by atoms with E-state index in [9.17, 15) is 14.4 Å². The molecule has 20 heavy (non-hydrogen) atoms. The lowest BCUT2D eigenvalue weighted by Gasteiger charge is -2.11. The Morgan fingerprint density at radius 2 is 1.80 bits per heavy atom. The SMILES string of the molecule is CC(=O)Nc1ccc(CC(=O)NC(CO)C(=O)O)cc1. The van der Waals surface area contributed by atoms with Crippen LogP contribution in [0, 0.1) is 0 Å². The van der Waals surface area contributed by atoms with Crippen molar-refractivity contribution in [3.05, 3.63) is 29.8 Å². The second-order valence-corrected chi connectivity index (χ2v) is 4.20. The third-order valence-corrected chi connectivity index (χ3v) is 2.45. The van der Waals surface area contributed by atoms with E-state index in [1.807, 2.05) is 0 Å². The van der Waals surface area contributed by atoms with Crippen LogP contribution in [0.25, 0.3) is 0 Å². The summed E-state index contributed by atoms with van der Waals surface area (Å²) in [6.07, 6.45) is -0.00979. The van der Waals surface area contributed by atoms with Crippen LogP contribution in [0.3, 0.4) is 0 Å². The Kier molecular flexibility index (Phi) is 5.67. The minimum Gasteiger partial charge on any atom is -0.480 e. The van der Waals surface area contributed by atoms with E-state index in [1.165, 1.54) is 6.92 Å². The van der Waals surface area contributed by atoms with Crippen molar-refractivity contribution in [1.29, 1.82) is 0 Å². The van der Waals surface area contributed by atoms with Crippen LogP contribution >= 0.6 is 0 Å². The molecule has 108 valence electrons. The van der Waals surface area contributed by atoms with Crippen molar-refractivity contribution in [3.8, 4) is 0 Å². The summed E-state index contributed by atoms with van der Waals surface area (Å²) in [6, 6.07) is 5.29. The van der Waals surface area contributed by atoms with Gasteiger partial charge in [-0.3, -0.25) is 9.59 Å². The highest BCUT2D eigenvalue weighted by atomic mass is 16.4. The van der Waals surface area contributed by atoms with Crippen molar-refractivity contribution in [2.75, 3.05) is 11.9 Å². The van der Waals surface area contributed by atoms with Crippen molar-refractivity contribution >= 4 is 23.5 Å². The van der Waals surface area contributed by atoms with E-state index in [1.54, 1.807) is 24.3 Å². The number of anilines is 1. The first-order chi connectivity index (χ1) is 9.42. The molecule has 0 radical (unpaired) electrons. The number of carbonyl (C=O) groups excluding carboxylic acids is 2. The first-order valence-corrected chi connectivity index (χ1v) is 5.92. The molecule has 1 atom stereocenters. The minimum atomic E-state index is -1.30. The molecule has 0 bridgehead atoms. The molecule has 0 aliphatic rings. The number of nitrogens with one attached hydrogen (secondary N) is 2. The predicted octanol–water partition coefficient (Wildman–Crippen LogP) is -0.251. The van der Waals surface area contributed by atoms with Gasteiger partial charge in [-0.1, -0.05) is 12.1 Å². The van der Waals surface area contributed by atoms with Crippen LogP contribution in [-0.4, -0.2) is 40.6 Å². The third-order valence-electron chi connectivity index (χ3n) is 2.45. The van der Waals surface area contributed by atoms with E-state index < -0.39 is 24.5 Å². The van der Waals surface area contributed by atoms with Gasteiger partial charge in [-0.2, -0.15) is 0 Å². The summed E-state index contributed by atoms with van der Waals surface area (Å²) in [5.74, 6) is -1.98. The summed E-state index contributed by atoms with van der Waals surface area (Å²) >= 11 is 0. The van der Waals surface area contributed by atoms with E-state index in [0.717, 1.165) is 0 Å². The van der Waals surface area contributed by atoms with Crippen molar-refractivity contribution in [2.45, 2.75) is 19.4 Å². The molecule has 7 heteroatoms. The number of carboxylic acid groups (broad SMARTS) is 1. The standard InChI is InChI=1S/C13H16N2O5/c1-8(17)14-10-4-2-9(3-5-10)6-12(18)15-11(7-16)13(19)20/h2-5,11,16H,6-7H2,1H3,(H,14,17)(H,15,18)(H,19,20). The van der Waals surface area contributed by atoms with Gasteiger partial charge in [0.05, 0.1) is 13.0 Å². The Labute approximate surface area is 115 Å². The molecule has 7 nitrogen and oxygen atoms in total. The monoisotopic (exact) mass is 280 g/mol. The average molecular weight is 280 g/mol. The molecule has 1 aromatic carbocycles. The second-order valence-electron chi connectivity index (χ2n) is 4.20. The number of amides is 2. The van der Waals surface area contributed by atoms with E-state index in [0.29, 0.717) is 11.3 Å². The number of hydrogen-bond donors (Lipinski definition) is 4. The van der Waals surface area contributed by atoms with Gasteiger partial charge in [0.15, 0.2) is 0 Å². The maximum absolute atomic E-state index is 11.6. The van der Waals surface area contributed by atoms with Crippen molar-refractivity contribution in [3.63, 3.8) is 0 Å². The Balaban J connectivity index is 2.58. The number of aliphatic hydroxyl groups is 1. The molecule has 0 aliphatic heterocycles.